The van der Waals surface area contributed by atoms with Crippen molar-refractivity contribution in [1.82, 2.24) is 0 Å². The van der Waals surface area contributed by atoms with Gasteiger partial charge in [0.25, 0.3) is 0 Å². The molecule has 0 aliphatic rings. The molecule has 0 fully saturated rings. The van der Waals surface area contributed by atoms with Gasteiger partial charge in [-0.15, -0.1) is 0 Å². The van der Waals surface area contributed by atoms with Gasteiger partial charge in [-0.2, -0.15) is 0 Å². The number of carboxylic acids is 1. The predicted octanol–water partition coefficient (Wildman–Crippen LogP) is 2.97. The summed E-state index contributed by atoms with van der Waals surface area (Å²) < 4.78 is 12.6. The topological polar surface area (TPSA) is 37.3 Å². The number of aliphatic carboxylic acids is 1. The molecular weight excluding hydrogens is 207 g/mol. The van der Waals surface area contributed by atoms with Gasteiger partial charge < -0.3 is 5.11 Å². The van der Waals surface area contributed by atoms with E-state index in [0.29, 0.717) is 5.56 Å². The van der Waals surface area contributed by atoms with E-state index in [0.717, 1.165) is 0 Å². The number of carbonyl (C=O) groups is 1. The standard InChI is InChI=1S/C10H8ClFO2/c11-9-6-8(12)5-4-7(9)2-1-3-10(13)14/h1-2,4-6H,3H2,(H,13,14)/b2-1+. The first-order valence-electron chi connectivity index (χ1n) is 3.93. The molecule has 0 saturated carbocycles. The first-order chi connectivity index (χ1) is 6.59. The Labute approximate surface area is 85.6 Å². The Kier molecular flexibility index (Phi) is 3.65. The average Bonchev–Trinajstić information content (AvgIpc) is 2.08. The molecule has 74 valence electrons. The summed E-state index contributed by atoms with van der Waals surface area (Å²) in [4.78, 5) is 10.2. The first-order valence-corrected chi connectivity index (χ1v) is 4.31. The Bertz CT molecular complexity index is 374. The van der Waals surface area contributed by atoms with Crippen molar-refractivity contribution in [3.8, 4) is 0 Å². The zero-order chi connectivity index (χ0) is 10.6. The molecule has 0 saturated heterocycles. The smallest absolute Gasteiger partial charge is 0.307 e. The highest BCUT2D eigenvalue weighted by Crippen LogP contribution is 2.18. The number of rotatable bonds is 3. The van der Waals surface area contributed by atoms with Crippen molar-refractivity contribution >= 4 is 23.6 Å². The van der Waals surface area contributed by atoms with Crippen LogP contribution in [0, 0.1) is 5.82 Å². The van der Waals surface area contributed by atoms with Crippen molar-refractivity contribution < 1.29 is 14.3 Å². The fourth-order valence-corrected chi connectivity index (χ4v) is 1.15. The number of hydrogen-bond donors (Lipinski definition) is 1. The van der Waals surface area contributed by atoms with Crippen molar-refractivity contribution in [2.45, 2.75) is 6.42 Å². The summed E-state index contributed by atoms with van der Waals surface area (Å²) in [5.74, 6) is -1.33. The van der Waals surface area contributed by atoms with Gasteiger partial charge in [-0.3, -0.25) is 4.79 Å². The zero-order valence-corrected chi connectivity index (χ0v) is 7.96. The monoisotopic (exact) mass is 214 g/mol. The molecule has 0 unspecified atom stereocenters. The van der Waals surface area contributed by atoms with Crippen molar-refractivity contribution in [2.24, 2.45) is 0 Å². The normalized spacial score (nSPS) is 10.7. The second kappa shape index (κ2) is 4.77. The molecule has 0 amide bonds. The summed E-state index contributed by atoms with van der Waals surface area (Å²) in [5, 5.41) is 8.63. The van der Waals surface area contributed by atoms with Crippen molar-refractivity contribution in [3.05, 3.63) is 40.7 Å². The van der Waals surface area contributed by atoms with Gasteiger partial charge in [0.05, 0.1) is 11.4 Å². The molecular formula is C10H8ClFO2. The van der Waals surface area contributed by atoms with Crippen LogP contribution in [0.25, 0.3) is 6.08 Å². The van der Waals surface area contributed by atoms with E-state index in [1.807, 2.05) is 0 Å². The molecule has 0 atom stereocenters. The fraction of sp³-hybridized carbons (Fsp3) is 0.100. The summed E-state index contributed by atoms with van der Waals surface area (Å²) in [6.45, 7) is 0. The number of halogens is 2. The second-order valence-corrected chi connectivity index (χ2v) is 3.07. The maximum atomic E-state index is 12.6. The van der Waals surface area contributed by atoms with Gasteiger partial charge in [0.1, 0.15) is 5.82 Å². The van der Waals surface area contributed by atoms with Crippen LogP contribution in [0.15, 0.2) is 24.3 Å². The summed E-state index contributed by atoms with van der Waals surface area (Å²) in [6, 6.07) is 3.95. The number of hydrogen-bond acceptors (Lipinski definition) is 1. The Balaban J connectivity index is 2.76. The maximum absolute atomic E-state index is 12.6. The minimum absolute atomic E-state index is 0.0757. The first kappa shape index (κ1) is 10.7. The van der Waals surface area contributed by atoms with Crippen LogP contribution in [0.1, 0.15) is 12.0 Å². The van der Waals surface area contributed by atoms with E-state index in [-0.39, 0.29) is 11.4 Å². The maximum Gasteiger partial charge on any atom is 0.307 e. The Hall–Kier alpha value is -1.35. The Morgan fingerprint density at radius 1 is 1.57 bits per heavy atom. The molecule has 0 aliphatic carbocycles. The lowest BCUT2D eigenvalue weighted by molar-refractivity contribution is -0.135. The van der Waals surface area contributed by atoms with Crippen molar-refractivity contribution in [3.63, 3.8) is 0 Å². The van der Waals surface area contributed by atoms with Gasteiger partial charge in [0.15, 0.2) is 0 Å². The minimum atomic E-state index is -0.917. The fourth-order valence-electron chi connectivity index (χ4n) is 0.923. The third kappa shape index (κ3) is 3.18. The lowest BCUT2D eigenvalue weighted by Crippen LogP contribution is -1.89. The molecule has 0 aromatic heterocycles. The average molecular weight is 215 g/mol. The van der Waals surface area contributed by atoms with Gasteiger partial charge in [-0.1, -0.05) is 29.8 Å². The minimum Gasteiger partial charge on any atom is -0.481 e. The number of carboxylic acid groups (broad SMARTS) is 1. The second-order valence-electron chi connectivity index (χ2n) is 2.67. The van der Waals surface area contributed by atoms with Crippen molar-refractivity contribution in [2.75, 3.05) is 0 Å². The zero-order valence-electron chi connectivity index (χ0n) is 7.21. The molecule has 0 aliphatic heterocycles. The van der Waals surface area contributed by atoms with Gasteiger partial charge in [0, 0.05) is 0 Å². The summed E-state index contributed by atoms with van der Waals surface area (Å²) >= 11 is 5.71. The van der Waals surface area contributed by atoms with Crippen LogP contribution in [0.5, 0.6) is 0 Å². The quantitative estimate of drug-likeness (QED) is 0.840. The van der Waals surface area contributed by atoms with E-state index in [4.69, 9.17) is 16.7 Å². The molecule has 1 rings (SSSR count). The third-order valence-electron chi connectivity index (χ3n) is 1.55. The van der Waals surface area contributed by atoms with E-state index in [1.165, 1.54) is 24.3 Å². The molecule has 1 aromatic rings. The number of benzene rings is 1. The summed E-state index contributed by atoms with van der Waals surface area (Å²) in [7, 11) is 0. The van der Waals surface area contributed by atoms with Gasteiger partial charge >= 0.3 is 5.97 Å². The van der Waals surface area contributed by atoms with E-state index in [9.17, 15) is 9.18 Å². The van der Waals surface area contributed by atoms with Crippen LogP contribution < -0.4 is 0 Å². The SMILES string of the molecule is O=C(O)C/C=C/c1ccc(F)cc1Cl. The lowest BCUT2D eigenvalue weighted by atomic mass is 10.2. The molecule has 1 N–H and O–H groups in total. The predicted molar refractivity (Wildman–Crippen MR) is 52.7 cm³/mol. The van der Waals surface area contributed by atoms with Crippen LogP contribution >= 0.6 is 11.6 Å². The molecule has 0 heterocycles. The van der Waals surface area contributed by atoms with Crippen LogP contribution in [0.3, 0.4) is 0 Å². The Morgan fingerprint density at radius 3 is 2.86 bits per heavy atom. The third-order valence-corrected chi connectivity index (χ3v) is 1.88. The molecule has 0 bridgehead atoms. The van der Waals surface area contributed by atoms with Crippen LogP contribution in [-0.4, -0.2) is 11.1 Å². The highest BCUT2D eigenvalue weighted by Gasteiger charge is 1.98. The molecule has 4 heteroatoms. The van der Waals surface area contributed by atoms with E-state index >= 15 is 0 Å². The van der Waals surface area contributed by atoms with Gasteiger partial charge in [-0.05, 0) is 17.7 Å². The molecule has 2 nitrogen and oxygen atoms in total. The highest BCUT2D eigenvalue weighted by molar-refractivity contribution is 6.32. The summed E-state index contributed by atoms with van der Waals surface area (Å²) in [6.07, 6.45) is 2.94. The summed E-state index contributed by atoms with van der Waals surface area (Å²) in [5.41, 5.74) is 0.606. The van der Waals surface area contributed by atoms with Crippen LogP contribution in [0.4, 0.5) is 4.39 Å². The molecule has 0 spiro atoms. The highest BCUT2D eigenvalue weighted by atomic mass is 35.5. The largest absolute Gasteiger partial charge is 0.481 e. The Morgan fingerprint density at radius 2 is 2.29 bits per heavy atom. The lowest BCUT2D eigenvalue weighted by Gasteiger charge is -1.97. The van der Waals surface area contributed by atoms with E-state index in [1.54, 1.807) is 6.08 Å². The van der Waals surface area contributed by atoms with Gasteiger partial charge in [-0.25, -0.2) is 4.39 Å². The van der Waals surface area contributed by atoms with Crippen LogP contribution in [-0.2, 0) is 4.79 Å². The molecule has 14 heavy (non-hydrogen) atoms. The van der Waals surface area contributed by atoms with E-state index < -0.39 is 11.8 Å². The molecule has 1 aromatic carbocycles. The van der Waals surface area contributed by atoms with Crippen LogP contribution in [0.2, 0.25) is 5.02 Å². The molecule has 0 radical (unpaired) electrons. The van der Waals surface area contributed by atoms with Gasteiger partial charge in [0.2, 0.25) is 0 Å². The van der Waals surface area contributed by atoms with Crippen molar-refractivity contribution in [1.29, 1.82) is 0 Å². The van der Waals surface area contributed by atoms with E-state index in [2.05, 4.69) is 0 Å².